The maximum atomic E-state index is 12.9. The standard InChI is InChI=1S/C23H20F3N3O/c24-23(25,26)18-8-6-16(7-9-18)15-19-3-1-4-20(28-19)21-5-2-14-29(21)22(30)17-10-12-27-13-11-17/h1,3-4,6-13,21H,2,5,14-15H2. The van der Waals surface area contributed by atoms with E-state index in [-0.39, 0.29) is 11.9 Å². The molecule has 154 valence electrons. The first-order chi connectivity index (χ1) is 14.4. The van der Waals surface area contributed by atoms with Crippen LogP contribution in [0.4, 0.5) is 13.2 Å². The predicted molar refractivity (Wildman–Crippen MR) is 106 cm³/mol. The van der Waals surface area contributed by atoms with Crippen LogP contribution in [0.25, 0.3) is 0 Å². The minimum absolute atomic E-state index is 0.0464. The molecule has 4 rings (SSSR count). The van der Waals surface area contributed by atoms with Crippen LogP contribution in [-0.2, 0) is 12.6 Å². The Morgan fingerprint density at radius 1 is 1.03 bits per heavy atom. The fourth-order valence-electron chi connectivity index (χ4n) is 3.78. The molecule has 1 atom stereocenters. The van der Waals surface area contributed by atoms with Crippen molar-refractivity contribution in [1.29, 1.82) is 0 Å². The van der Waals surface area contributed by atoms with Gasteiger partial charge in [0, 0.05) is 36.6 Å². The van der Waals surface area contributed by atoms with E-state index in [1.165, 1.54) is 12.1 Å². The van der Waals surface area contributed by atoms with Gasteiger partial charge in [0.25, 0.3) is 5.91 Å². The lowest BCUT2D eigenvalue weighted by atomic mass is 10.0. The summed E-state index contributed by atoms with van der Waals surface area (Å²) < 4.78 is 38.2. The summed E-state index contributed by atoms with van der Waals surface area (Å²) in [7, 11) is 0. The van der Waals surface area contributed by atoms with Crippen LogP contribution in [0.15, 0.2) is 67.0 Å². The predicted octanol–water partition coefficient (Wildman–Crippen LogP) is 5.06. The number of halogens is 3. The minimum atomic E-state index is -4.34. The van der Waals surface area contributed by atoms with Gasteiger partial charge in [0.15, 0.2) is 0 Å². The van der Waals surface area contributed by atoms with Crippen LogP contribution in [-0.4, -0.2) is 27.3 Å². The molecule has 0 spiro atoms. The van der Waals surface area contributed by atoms with Crippen molar-refractivity contribution >= 4 is 5.91 Å². The summed E-state index contributed by atoms with van der Waals surface area (Å²) in [5.41, 5.74) is 2.25. The molecule has 1 aliphatic rings. The Bertz CT molecular complexity index is 1020. The molecule has 0 aliphatic carbocycles. The zero-order valence-electron chi connectivity index (χ0n) is 16.1. The molecular formula is C23H20F3N3O. The van der Waals surface area contributed by atoms with Crippen molar-refractivity contribution in [2.45, 2.75) is 31.5 Å². The van der Waals surface area contributed by atoms with Crippen molar-refractivity contribution < 1.29 is 18.0 Å². The van der Waals surface area contributed by atoms with Crippen molar-refractivity contribution in [2.75, 3.05) is 6.54 Å². The molecule has 0 bridgehead atoms. The molecule has 0 saturated carbocycles. The Hall–Kier alpha value is -3.22. The zero-order valence-corrected chi connectivity index (χ0v) is 16.1. The van der Waals surface area contributed by atoms with Gasteiger partial charge in [-0.1, -0.05) is 18.2 Å². The number of benzene rings is 1. The van der Waals surface area contributed by atoms with E-state index in [0.717, 1.165) is 41.9 Å². The summed E-state index contributed by atoms with van der Waals surface area (Å²) >= 11 is 0. The number of aromatic nitrogens is 2. The third-order valence-corrected chi connectivity index (χ3v) is 5.28. The maximum Gasteiger partial charge on any atom is 0.416 e. The summed E-state index contributed by atoms with van der Waals surface area (Å²) in [6.45, 7) is 0.663. The first-order valence-electron chi connectivity index (χ1n) is 9.75. The van der Waals surface area contributed by atoms with Gasteiger partial charge >= 0.3 is 6.18 Å². The molecule has 30 heavy (non-hydrogen) atoms. The Balaban J connectivity index is 1.52. The van der Waals surface area contributed by atoms with Gasteiger partial charge in [-0.2, -0.15) is 13.2 Å². The van der Waals surface area contributed by atoms with Gasteiger partial charge in [0.1, 0.15) is 0 Å². The second-order valence-corrected chi connectivity index (χ2v) is 7.32. The fraction of sp³-hybridized carbons (Fsp3) is 0.261. The average Bonchev–Trinajstić information content (AvgIpc) is 3.24. The number of nitrogens with zero attached hydrogens (tertiary/aromatic N) is 3. The van der Waals surface area contributed by atoms with Crippen LogP contribution in [0.3, 0.4) is 0 Å². The average molecular weight is 411 g/mol. The Morgan fingerprint density at radius 2 is 1.77 bits per heavy atom. The first-order valence-corrected chi connectivity index (χ1v) is 9.75. The second kappa shape index (κ2) is 8.26. The van der Waals surface area contributed by atoms with Gasteiger partial charge in [-0.05, 0) is 54.8 Å². The quantitative estimate of drug-likeness (QED) is 0.603. The van der Waals surface area contributed by atoms with E-state index in [0.29, 0.717) is 18.5 Å². The first kappa shape index (κ1) is 20.1. The molecule has 1 unspecified atom stereocenters. The van der Waals surface area contributed by atoms with Crippen LogP contribution in [0.2, 0.25) is 0 Å². The fourth-order valence-corrected chi connectivity index (χ4v) is 3.78. The molecule has 0 radical (unpaired) electrons. The van der Waals surface area contributed by atoms with Crippen LogP contribution in [0.5, 0.6) is 0 Å². The largest absolute Gasteiger partial charge is 0.416 e. The zero-order chi connectivity index (χ0) is 21.1. The summed E-state index contributed by atoms with van der Waals surface area (Å²) in [6, 6.07) is 14.1. The molecule has 1 fully saturated rings. The molecule has 7 heteroatoms. The van der Waals surface area contributed by atoms with Crippen LogP contribution >= 0.6 is 0 Å². The van der Waals surface area contributed by atoms with Gasteiger partial charge in [-0.15, -0.1) is 0 Å². The van der Waals surface area contributed by atoms with Gasteiger partial charge in [0.05, 0.1) is 17.3 Å². The molecule has 4 nitrogen and oxygen atoms in total. The lowest BCUT2D eigenvalue weighted by Gasteiger charge is -2.24. The summed E-state index contributed by atoms with van der Waals surface area (Å²) in [5.74, 6) is -0.0464. The van der Waals surface area contributed by atoms with Crippen LogP contribution < -0.4 is 0 Å². The number of likely N-dealkylation sites (tertiary alicyclic amines) is 1. The van der Waals surface area contributed by atoms with E-state index >= 15 is 0 Å². The molecule has 2 aromatic heterocycles. The third-order valence-electron chi connectivity index (χ3n) is 5.28. The molecule has 0 N–H and O–H groups in total. The van der Waals surface area contributed by atoms with E-state index in [1.807, 2.05) is 23.1 Å². The number of carbonyl (C=O) groups is 1. The normalized spacial score (nSPS) is 16.6. The topological polar surface area (TPSA) is 46.1 Å². The minimum Gasteiger partial charge on any atom is -0.330 e. The number of carbonyl (C=O) groups excluding carboxylic acids is 1. The molecular weight excluding hydrogens is 391 g/mol. The third kappa shape index (κ3) is 4.35. The number of amides is 1. The van der Waals surface area contributed by atoms with Crippen molar-refractivity contribution in [1.82, 2.24) is 14.9 Å². The second-order valence-electron chi connectivity index (χ2n) is 7.32. The summed E-state index contributed by atoms with van der Waals surface area (Å²) in [6.07, 6.45) is 1.00. The van der Waals surface area contributed by atoms with Gasteiger partial charge in [0.2, 0.25) is 0 Å². The maximum absolute atomic E-state index is 12.9. The highest BCUT2D eigenvalue weighted by Crippen LogP contribution is 2.33. The number of pyridine rings is 2. The molecule has 1 amide bonds. The molecule has 3 heterocycles. The number of hydrogen-bond donors (Lipinski definition) is 0. The van der Waals surface area contributed by atoms with Crippen molar-refractivity contribution in [3.8, 4) is 0 Å². The summed E-state index contributed by atoms with van der Waals surface area (Å²) in [4.78, 5) is 23.4. The molecule has 1 saturated heterocycles. The van der Waals surface area contributed by atoms with E-state index < -0.39 is 11.7 Å². The molecule has 1 aromatic carbocycles. The van der Waals surface area contributed by atoms with E-state index in [2.05, 4.69) is 4.98 Å². The monoisotopic (exact) mass is 411 g/mol. The smallest absolute Gasteiger partial charge is 0.330 e. The van der Waals surface area contributed by atoms with Gasteiger partial charge in [-0.3, -0.25) is 14.8 Å². The molecule has 1 aliphatic heterocycles. The van der Waals surface area contributed by atoms with Gasteiger partial charge < -0.3 is 4.90 Å². The number of rotatable bonds is 4. The van der Waals surface area contributed by atoms with E-state index in [1.54, 1.807) is 24.5 Å². The molecule has 3 aromatic rings. The number of alkyl halides is 3. The van der Waals surface area contributed by atoms with Crippen molar-refractivity contribution in [2.24, 2.45) is 0 Å². The van der Waals surface area contributed by atoms with E-state index in [9.17, 15) is 18.0 Å². The number of hydrogen-bond acceptors (Lipinski definition) is 3. The SMILES string of the molecule is O=C(c1ccncc1)N1CCCC1c1cccc(Cc2ccc(C(F)(F)F)cc2)n1. The van der Waals surface area contributed by atoms with Crippen LogP contribution in [0, 0.1) is 0 Å². The lowest BCUT2D eigenvalue weighted by Crippen LogP contribution is -2.31. The van der Waals surface area contributed by atoms with Crippen LogP contribution in [0.1, 0.15) is 51.8 Å². The highest BCUT2D eigenvalue weighted by molar-refractivity contribution is 5.94. The Labute approximate surface area is 172 Å². The van der Waals surface area contributed by atoms with Crippen molar-refractivity contribution in [3.05, 3.63) is 95.1 Å². The Kier molecular flexibility index (Phi) is 5.53. The highest BCUT2D eigenvalue weighted by Gasteiger charge is 2.32. The van der Waals surface area contributed by atoms with E-state index in [4.69, 9.17) is 4.98 Å². The lowest BCUT2D eigenvalue weighted by molar-refractivity contribution is -0.137. The van der Waals surface area contributed by atoms with Crippen molar-refractivity contribution in [3.63, 3.8) is 0 Å². The Morgan fingerprint density at radius 3 is 2.47 bits per heavy atom. The highest BCUT2D eigenvalue weighted by atomic mass is 19.4. The summed E-state index contributed by atoms with van der Waals surface area (Å²) in [5, 5.41) is 0. The van der Waals surface area contributed by atoms with Gasteiger partial charge in [-0.25, -0.2) is 0 Å².